The molecule has 29 heavy (non-hydrogen) atoms. The first-order chi connectivity index (χ1) is 14.1. The Morgan fingerprint density at radius 2 is 2.24 bits per heavy atom. The fourth-order valence-corrected chi connectivity index (χ4v) is 4.17. The third kappa shape index (κ3) is 4.00. The van der Waals surface area contributed by atoms with E-state index in [0.717, 1.165) is 12.0 Å². The molecule has 1 amide bonds. The number of aryl methyl sites for hydroxylation is 1. The summed E-state index contributed by atoms with van der Waals surface area (Å²) < 4.78 is 25.1. The molecule has 152 valence electrons. The largest absolute Gasteiger partial charge is 0.486 e. The molecule has 3 heterocycles. The van der Waals surface area contributed by atoms with E-state index in [4.69, 9.17) is 14.3 Å². The van der Waals surface area contributed by atoms with Crippen molar-refractivity contribution in [3.8, 4) is 5.75 Å². The van der Waals surface area contributed by atoms with Crippen molar-refractivity contribution in [1.82, 2.24) is 15.4 Å². The van der Waals surface area contributed by atoms with Crippen molar-refractivity contribution < 1.29 is 23.5 Å². The zero-order chi connectivity index (χ0) is 20.4. The highest BCUT2D eigenvalue weighted by Gasteiger charge is 2.22. The van der Waals surface area contributed by atoms with Gasteiger partial charge >= 0.3 is 0 Å². The molecule has 0 radical (unpaired) electrons. The molecule has 0 saturated carbocycles. The zero-order valence-electron chi connectivity index (χ0n) is 15.8. The normalized spacial score (nSPS) is 16.2. The van der Waals surface area contributed by atoms with Crippen LogP contribution in [0.1, 0.15) is 21.7 Å². The SMILES string of the molecule is CONC(=O)c1sc2ncnc(Nc3ccc(F)cc3O[C@@H]3CCOC3)c2c1C. The number of carbonyl (C=O) groups is 1. The van der Waals surface area contributed by atoms with Gasteiger partial charge in [0.2, 0.25) is 0 Å². The summed E-state index contributed by atoms with van der Waals surface area (Å²) >= 11 is 1.24. The van der Waals surface area contributed by atoms with Crippen LogP contribution in [-0.2, 0) is 9.57 Å². The number of ether oxygens (including phenoxy) is 2. The van der Waals surface area contributed by atoms with Crippen molar-refractivity contribution in [3.05, 3.63) is 40.8 Å². The number of hydrogen-bond donors (Lipinski definition) is 2. The molecule has 1 aromatic carbocycles. The standard InChI is InChI=1S/C19H19FN4O4S/c1-10-15-17(21-9-22-19(15)29-16(10)18(25)24-26-2)23-13-4-3-11(20)7-14(13)28-12-5-6-27-8-12/h3-4,7,9,12H,5-6,8H2,1-2H3,(H,24,25)(H,21,22,23)/t12-/m1/s1. The molecule has 1 atom stereocenters. The molecule has 3 aromatic rings. The van der Waals surface area contributed by atoms with Crippen molar-refractivity contribution in [3.63, 3.8) is 0 Å². The third-order valence-electron chi connectivity index (χ3n) is 4.51. The van der Waals surface area contributed by atoms with Gasteiger partial charge < -0.3 is 14.8 Å². The van der Waals surface area contributed by atoms with Crippen LogP contribution in [0.25, 0.3) is 10.2 Å². The lowest BCUT2D eigenvalue weighted by Gasteiger charge is -2.17. The Balaban J connectivity index is 1.70. The van der Waals surface area contributed by atoms with Crippen LogP contribution in [0, 0.1) is 12.7 Å². The molecule has 1 aliphatic rings. The van der Waals surface area contributed by atoms with E-state index in [2.05, 4.69) is 20.8 Å². The summed E-state index contributed by atoms with van der Waals surface area (Å²) in [6.07, 6.45) is 2.03. The summed E-state index contributed by atoms with van der Waals surface area (Å²) in [6, 6.07) is 4.27. The molecule has 2 aromatic heterocycles. The molecule has 4 rings (SSSR count). The van der Waals surface area contributed by atoms with E-state index >= 15 is 0 Å². The fourth-order valence-electron chi connectivity index (χ4n) is 3.13. The first-order valence-corrected chi connectivity index (χ1v) is 9.77. The van der Waals surface area contributed by atoms with E-state index in [1.807, 2.05) is 6.92 Å². The van der Waals surface area contributed by atoms with E-state index in [9.17, 15) is 9.18 Å². The fraction of sp³-hybridized carbons (Fsp3) is 0.316. The van der Waals surface area contributed by atoms with Gasteiger partial charge in [0.1, 0.15) is 34.6 Å². The highest BCUT2D eigenvalue weighted by atomic mass is 32.1. The second-order valence-electron chi connectivity index (χ2n) is 6.46. The Morgan fingerprint density at radius 1 is 1.38 bits per heavy atom. The molecule has 8 nitrogen and oxygen atoms in total. The number of carbonyl (C=O) groups excluding carboxylic acids is 1. The lowest BCUT2D eigenvalue weighted by molar-refractivity contribution is 0.0541. The van der Waals surface area contributed by atoms with Crippen molar-refractivity contribution in [2.24, 2.45) is 0 Å². The number of thiophene rings is 1. The van der Waals surface area contributed by atoms with Crippen molar-refractivity contribution in [2.75, 3.05) is 25.6 Å². The smallest absolute Gasteiger partial charge is 0.285 e. The summed E-state index contributed by atoms with van der Waals surface area (Å²) in [5.74, 6) is 0.116. The maximum atomic E-state index is 13.8. The molecule has 0 aliphatic carbocycles. The summed E-state index contributed by atoms with van der Waals surface area (Å²) in [6.45, 7) is 2.90. The summed E-state index contributed by atoms with van der Waals surface area (Å²) in [4.78, 5) is 26.7. The Hall–Kier alpha value is -2.82. The van der Waals surface area contributed by atoms with Crippen LogP contribution in [0.15, 0.2) is 24.5 Å². The van der Waals surface area contributed by atoms with Gasteiger partial charge in [0, 0.05) is 12.5 Å². The Kier molecular flexibility index (Phi) is 5.56. The number of nitrogens with zero attached hydrogens (tertiary/aromatic N) is 2. The number of benzene rings is 1. The lowest BCUT2D eigenvalue weighted by Crippen LogP contribution is -2.21. The van der Waals surface area contributed by atoms with E-state index in [0.29, 0.717) is 45.6 Å². The minimum atomic E-state index is -0.400. The number of aromatic nitrogens is 2. The number of rotatable bonds is 6. The minimum absolute atomic E-state index is 0.130. The van der Waals surface area contributed by atoms with Crippen LogP contribution in [0.3, 0.4) is 0 Å². The van der Waals surface area contributed by atoms with E-state index < -0.39 is 5.82 Å². The van der Waals surface area contributed by atoms with Gasteiger partial charge in [0.15, 0.2) is 0 Å². The molecule has 0 unspecified atom stereocenters. The third-order valence-corrected chi connectivity index (χ3v) is 5.70. The Morgan fingerprint density at radius 3 is 3.00 bits per heavy atom. The van der Waals surface area contributed by atoms with Crippen LogP contribution < -0.4 is 15.5 Å². The van der Waals surface area contributed by atoms with Gasteiger partial charge in [-0.3, -0.25) is 9.63 Å². The van der Waals surface area contributed by atoms with E-state index in [-0.39, 0.29) is 12.0 Å². The molecule has 1 aliphatic heterocycles. The summed E-state index contributed by atoms with van der Waals surface area (Å²) in [5.41, 5.74) is 3.60. The zero-order valence-corrected chi connectivity index (χ0v) is 16.6. The predicted molar refractivity (Wildman–Crippen MR) is 106 cm³/mol. The lowest BCUT2D eigenvalue weighted by atomic mass is 10.2. The first kappa shape index (κ1) is 19.5. The highest BCUT2D eigenvalue weighted by Crippen LogP contribution is 2.36. The number of anilines is 2. The maximum Gasteiger partial charge on any atom is 0.285 e. The highest BCUT2D eigenvalue weighted by molar-refractivity contribution is 7.20. The Labute approximate surface area is 170 Å². The second kappa shape index (κ2) is 8.27. The van der Waals surface area contributed by atoms with Crippen LogP contribution in [0.4, 0.5) is 15.9 Å². The molecule has 2 N–H and O–H groups in total. The van der Waals surface area contributed by atoms with Crippen molar-refractivity contribution in [2.45, 2.75) is 19.4 Å². The minimum Gasteiger partial charge on any atom is -0.486 e. The molecule has 0 spiro atoms. The monoisotopic (exact) mass is 418 g/mol. The number of hydroxylamine groups is 1. The van der Waals surface area contributed by atoms with E-state index in [1.54, 1.807) is 6.07 Å². The first-order valence-electron chi connectivity index (χ1n) is 8.95. The van der Waals surface area contributed by atoms with Gasteiger partial charge in [-0.2, -0.15) is 0 Å². The van der Waals surface area contributed by atoms with Gasteiger partial charge in [0.25, 0.3) is 5.91 Å². The maximum absolute atomic E-state index is 13.8. The van der Waals surface area contributed by atoms with Crippen LogP contribution in [0.5, 0.6) is 5.75 Å². The molecule has 0 bridgehead atoms. The number of nitrogens with one attached hydrogen (secondary N) is 2. The topological polar surface area (TPSA) is 94.6 Å². The van der Waals surface area contributed by atoms with Crippen LogP contribution >= 0.6 is 11.3 Å². The van der Waals surface area contributed by atoms with Gasteiger partial charge in [-0.1, -0.05) is 0 Å². The van der Waals surface area contributed by atoms with Crippen molar-refractivity contribution in [1.29, 1.82) is 0 Å². The molecular weight excluding hydrogens is 399 g/mol. The Bertz CT molecular complexity index is 1050. The average Bonchev–Trinajstić information content (AvgIpc) is 3.32. The van der Waals surface area contributed by atoms with Crippen molar-refractivity contribution >= 4 is 39.0 Å². The van der Waals surface area contributed by atoms with Gasteiger partial charge in [0.05, 0.1) is 36.3 Å². The summed E-state index contributed by atoms with van der Waals surface area (Å²) in [7, 11) is 1.37. The second-order valence-corrected chi connectivity index (χ2v) is 7.46. The quantitative estimate of drug-likeness (QED) is 0.593. The molecule has 10 heteroatoms. The van der Waals surface area contributed by atoms with Crippen LogP contribution in [0.2, 0.25) is 0 Å². The summed E-state index contributed by atoms with van der Waals surface area (Å²) in [5, 5.41) is 3.91. The number of hydrogen-bond acceptors (Lipinski definition) is 8. The number of fused-ring (bicyclic) bond motifs is 1. The molecular formula is C19H19FN4O4S. The number of amides is 1. The average molecular weight is 418 g/mol. The molecule has 1 fully saturated rings. The van der Waals surface area contributed by atoms with Gasteiger partial charge in [-0.05, 0) is 24.6 Å². The van der Waals surface area contributed by atoms with Gasteiger partial charge in [-0.25, -0.2) is 19.8 Å². The van der Waals surface area contributed by atoms with E-state index in [1.165, 1.54) is 36.9 Å². The predicted octanol–water partition coefficient (Wildman–Crippen LogP) is 3.34. The molecule has 1 saturated heterocycles. The number of halogens is 1. The van der Waals surface area contributed by atoms with Crippen LogP contribution in [-0.4, -0.2) is 42.3 Å². The van der Waals surface area contributed by atoms with Gasteiger partial charge in [-0.15, -0.1) is 11.3 Å².